The third-order valence-electron chi connectivity index (χ3n) is 2.61. The molecule has 0 bridgehead atoms. The number of methoxy groups -OCH3 is 1. The molecular weight excluding hydrogens is 316 g/mol. The van der Waals surface area contributed by atoms with Gasteiger partial charge >= 0.3 is 15.6 Å². The normalized spacial score (nSPS) is 12.4. The molecule has 0 saturated carbocycles. The number of alkyl halides is 3. The number of hydrogen-bond acceptors (Lipinski definition) is 4. The molecule has 2 rings (SSSR count). The molecule has 0 fully saturated rings. The fourth-order valence-electron chi connectivity index (χ4n) is 1.60. The Morgan fingerprint density at radius 3 is 2.29 bits per heavy atom. The van der Waals surface area contributed by atoms with Gasteiger partial charge in [-0.15, -0.1) is 0 Å². The zero-order valence-electron chi connectivity index (χ0n) is 10.4. The third kappa shape index (κ3) is 2.87. The van der Waals surface area contributed by atoms with Crippen molar-refractivity contribution in [2.75, 3.05) is 7.11 Å². The van der Waals surface area contributed by atoms with Crippen molar-refractivity contribution in [2.45, 2.75) is 5.51 Å². The minimum atomic E-state index is -5.93. The number of benzene rings is 2. The Balaban J connectivity index is 2.54. The molecule has 9 heteroatoms. The second-order valence-electron chi connectivity index (χ2n) is 3.95. The molecule has 0 amide bonds. The van der Waals surface area contributed by atoms with Crippen LogP contribution in [0.3, 0.4) is 0 Å². The summed E-state index contributed by atoms with van der Waals surface area (Å²) in [6, 6.07) is 6.26. The third-order valence-corrected chi connectivity index (χ3v) is 3.58. The predicted octanol–water partition coefficient (Wildman–Crippen LogP) is 3.22. The number of ether oxygens (including phenoxy) is 1. The molecule has 0 heterocycles. The van der Waals surface area contributed by atoms with Crippen LogP contribution in [0.15, 0.2) is 30.3 Å². The van der Waals surface area contributed by atoms with E-state index in [0.29, 0.717) is 5.39 Å². The van der Waals surface area contributed by atoms with Gasteiger partial charge in [0.15, 0.2) is 11.6 Å². The van der Waals surface area contributed by atoms with Crippen molar-refractivity contribution < 1.29 is 34.9 Å². The molecule has 0 aliphatic carbocycles. The first-order valence-corrected chi connectivity index (χ1v) is 6.83. The molecule has 0 aliphatic heterocycles. The van der Waals surface area contributed by atoms with E-state index < -0.39 is 27.2 Å². The fraction of sp³-hybridized carbons (Fsp3) is 0.167. The van der Waals surface area contributed by atoms with E-state index >= 15 is 0 Å². The molecule has 0 N–H and O–H groups in total. The van der Waals surface area contributed by atoms with Gasteiger partial charge in [-0.25, -0.2) is 4.39 Å². The van der Waals surface area contributed by atoms with Crippen LogP contribution in [0.5, 0.6) is 11.5 Å². The SMILES string of the molecule is COc1ccc2ccc(OS(=O)(=O)C(F)(F)F)c(F)c2c1. The van der Waals surface area contributed by atoms with E-state index in [9.17, 15) is 26.0 Å². The van der Waals surface area contributed by atoms with Crippen LogP contribution in [0.2, 0.25) is 0 Å². The van der Waals surface area contributed by atoms with Gasteiger partial charge in [-0.3, -0.25) is 0 Å². The highest BCUT2D eigenvalue weighted by atomic mass is 32.2. The van der Waals surface area contributed by atoms with Gasteiger partial charge in [0.05, 0.1) is 7.11 Å². The van der Waals surface area contributed by atoms with Crippen molar-refractivity contribution in [1.29, 1.82) is 0 Å². The summed E-state index contributed by atoms with van der Waals surface area (Å²) in [5.41, 5.74) is -5.64. The summed E-state index contributed by atoms with van der Waals surface area (Å²) in [6.07, 6.45) is 0. The van der Waals surface area contributed by atoms with Crippen LogP contribution in [0.4, 0.5) is 17.6 Å². The van der Waals surface area contributed by atoms with Crippen LogP contribution in [0, 0.1) is 5.82 Å². The highest BCUT2D eigenvalue weighted by molar-refractivity contribution is 7.88. The van der Waals surface area contributed by atoms with Crippen LogP contribution in [0.1, 0.15) is 0 Å². The van der Waals surface area contributed by atoms with Crippen LogP contribution in [-0.4, -0.2) is 21.0 Å². The number of halogens is 4. The summed E-state index contributed by atoms with van der Waals surface area (Å²) in [6.45, 7) is 0. The average Bonchev–Trinajstić information content (AvgIpc) is 2.40. The van der Waals surface area contributed by atoms with Gasteiger partial charge in [-0.2, -0.15) is 21.6 Å². The van der Waals surface area contributed by atoms with Crippen LogP contribution in [0.25, 0.3) is 10.8 Å². The zero-order valence-corrected chi connectivity index (χ0v) is 11.3. The molecule has 0 unspecified atom stereocenters. The van der Waals surface area contributed by atoms with Gasteiger partial charge < -0.3 is 8.92 Å². The molecule has 0 radical (unpaired) electrons. The van der Waals surface area contributed by atoms with E-state index in [2.05, 4.69) is 4.18 Å². The van der Waals surface area contributed by atoms with E-state index in [0.717, 1.165) is 6.07 Å². The Bertz CT molecular complexity index is 784. The molecule has 0 aromatic heterocycles. The highest BCUT2D eigenvalue weighted by Gasteiger charge is 2.48. The number of fused-ring (bicyclic) bond motifs is 1. The van der Waals surface area contributed by atoms with Crippen molar-refractivity contribution >= 4 is 20.9 Å². The molecule has 114 valence electrons. The van der Waals surface area contributed by atoms with Crippen molar-refractivity contribution in [3.05, 3.63) is 36.1 Å². The van der Waals surface area contributed by atoms with E-state index in [-0.39, 0.29) is 11.1 Å². The van der Waals surface area contributed by atoms with Gasteiger partial charge in [0.1, 0.15) is 5.75 Å². The van der Waals surface area contributed by atoms with Gasteiger partial charge in [-0.1, -0.05) is 12.1 Å². The van der Waals surface area contributed by atoms with Crippen molar-refractivity contribution in [3.63, 3.8) is 0 Å². The lowest BCUT2D eigenvalue weighted by atomic mass is 10.1. The summed E-state index contributed by atoms with van der Waals surface area (Å²) in [5.74, 6) is -2.00. The Morgan fingerprint density at radius 1 is 1.10 bits per heavy atom. The largest absolute Gasteiger partial charge is 0.534 e. The first-order valence-electron chi connectivity index (χ1n) is 5.43. The minimum Gasteiger partial charge on any atom is -0.497 e. The first-order chi connectivity index (χ1) is 9.65. The van der Waals surface area contributed by atoms with Crippen molar-refractivity contribution in [3.8, 4) is 11.5 Å². The van der Waals surface area contributed by atoms with Gasteiger partial charge in [0.2, 0.25) is 0 Å². The Kier molecular flexibility index (Phi) is 3.70. The average molecular weight is 324 g/mol. The monoisotopic (exact) mass is 324 g/mol. The zero-order chi connectivity index (χ0) is 15.8. The molecule has 0 spiro atoms. The second-order valence-corrected chi connectivity index (χ2v) is 5.49. The molecule has 2 aromatic carbocycles. The summed E-state index contributed by atoms with van der Waals surface area (Å²) >= 11 is 0. The lowest BCUT2D eigenvalue weighted by Crippen LogP contribution is -2.28. The molecule has 0 aliphatic rings. The van der Waals surface area contributed by atoms with E-state index in [1.807, 2.05) is 0 Å². The van der Waals surface area contributed by atoms with Crippen LogP contribution >= 0.6 is 0 Å². The lowest BCUT2D eigenvalue weighted by Gasteiger charge is -2.11. The molecule has 0 atom stereocenters. The topological polar surface area (TPSA) is 52.6 Å². The smallest absolute Gasteiger partial charge is 0.497 e. The summed E-state index contributed by atoms with van der Waals surface area (Å²) in [5, 5.41) is 0.231. The number of rotatable bonds is 3. The lowest BCUT2D eigenvalue weighted by molar-refractivity contribution is -0.0500. The Labute approximate surface area is 117 Å². The summed E-state index contributed by atoms with van der Waals surface area (Å²) in [7, 11) is -4.60. The number of hydrogen-bond donors (Lipinski definition) is 0. The van der Waals surface area contributed by atoms with E-state index in [1.54, 1.807) is 0 Å². The molecule has 4 nitrogen and oxygen atoms in total. The summed E-state index contributed by atoms with van der Waals surface area (Å²) < 4.78 is 81.2. The highest BCUT2D eigenvalue weighted by Crippen LogP contribution is 2.33. The quantitative estimate of drug-likeness (QED) is 0.494. The molecule has 2 aromatic rings. The second kappa shape index (κ2) is 5.06. The van der Waals surface area contributed by atoms with E-state index in [1.165, 1.54) is 31.4 Å². The Hall–Kier alpha value is -2.03. The van der Waals surface area contributed by atoms with Gasteiger partial charge in [-0.05, 0) is 23.6 Å². The van der Waals surface area contributed by atoms with Crippen molar-refractivity contribution in [1.82, 2.24) is 0 Å². The molecule has 0 saturated heterocycles. The minimum absolute atomic E-state index is 0.121. The molecular formula is C12H8F4O4S. The first kappa shape index (κ1) is 15.4. The van der Waals surface area contributed by atoms with Crippen LogP contribution in [-0.2, 0) is 10.1 Å². The predicted molar refractivity (Wildman–Crippen MR) is 66.1 cm³/mol. The standard InChI is InChI=1S/C12H8F4O4S/c1-19-8-4-2-7-3-5-10(11(13)9(7)6-8)20-21(17,18)12(14,15)16/h2-6H,1H3. The Morgan fingerprint density at radius 2 is 1.71 bits per heavy atom. The molecule has 21 heavy (non-hydrogen) atoms. The maximum Gasteiger partial charge on any atom is 0.534 e. The fourth-order valence-corrected chi connectivity index (χ4v) is 2.06. The maximum atomic E-state index is 14.1. The van der Waals surface area contributed by atoms with Gasteiger partial charge in [0, 0.05) is 5.39 Å². The maximum absolute atomic E-state index is 14.1. The van der Waals surface area contributed by atoms with E-state index in [4.69, 9.17) is 4.74 Å². The van der Waals surface area contributed by atoms with Crippen molar-refractivity contribution in [2.24, 2.45) is 0 Å². The summed E-state index contributed by atoms with van der Waals surface area (Å²) in [4.78, 5) is 0. The van der Waals surface area contributed by atoms with Crippen LogP contribution < -0.4 is 8.92 Å². The van der Waals surface area contributed by atoms with Gasteiger partial charge in [0.25, 0.3) is 0 Å².